The smallest absolute Gasteiger partial charge is 0.870 e. The Morgan fingerprint density at radius 2 is 0.750 bits per heavy atom. The third-order valence-electron chi connectivity index (χ3n) is 0. The van der Waals surface area contributed by atoms with Gasteiger partial charge in [0.15, 0.2) is 0 Å². The van der Waals surface area contributed by atoms with Crippen LogP contribution in [0.3, 0.4) is 0 Å². The standard InChI is InChI=1S/Cs.2H2O.Rb/h;2*1H2;/q+1;;;+1/p-2. The Bertz CT molecular complexity index is 6.00. The van der Waals surface area contributed by atoms with Gasteiger partial charge in [0.2, 0.25) is 0 Å². The van der Waals surface area contributed by atoms with Crippen LogP contribution < -0.4 is 127 Å². The third kappa shape index (κ3) is 9.24. The number of hydrogen-bond donors (Lipinski definition) is 0. The molecule has 0 aliphatic heterocycles. The molecule has 0 rings (SSSR count). The van der Waals surface area contributed by atoms with E-state index in [1.54, 1.807) is 0 Å². The van der Waals surface area contributed by atoms with E-state index in [1.807, 2.05) is 0 Å². The maximum absolute atomic E-state index is 0. The zero-order chi connectivity index (χ0) is 0. The molecule has 0 unspecified atom stereocenters. The van der Waals surface area contributed by atoms with Crippen molar-refractivity contribution in [3.63, 3.8) is 0 Å². The van der Waals surface area contributed by atoms with E-state index in [4.69, 9.17) is 0 Å². The molecule has 0 saturated heterocycles. The summed E-state index contributed by atoms with van der Waals surface area (Å²) in [6, 6.07) is 0. The van der Waals surface area contributed by atoms with Crippen molar-refractivity contribution in [2.24, 2.45) is 0 Å². The minimum Gasteiger partial charge on any atom is -0.870 e. The minimum atomic E-state index is 0. The van der Waals surface area contributed by atoms with Gasteiger partial charge in [0.05, 0.1) is 0 Å². The van der Waals surface area contributed by atoms with Gasteiger partial charge in [0.25, 0.3) is 0 Å². The monoisotopic (exact) mass is 252 g/mol. The van der Waals surface area contributed by atoms with Crippen molar-refractivity contribution in [2.75, 3.05) is 0 Å². The molecule has 4 heavy (non-hydrogen) atoms. The van der Waals surface area contributed by atoms with Crippen LogP contribution in [0.5, 0.6) is 0 Å². The van der Waals surface area contributed by atoms with Crippen LogP contribution in [0.2, 0.25) is 0 Å². The van der Waals surface area contributed by atoms with Crippen LogP contribution in [0.1, 0.15) is 0 Å². The molecule has 0 aliphatic carbocycles. The molecule has 0 aliphatic rings. The SMILES string of the molecule is [Cs+].[OH-].[OH-].[Rb+]. The van der Waals surface area contributed by atoms with Gasteiger partial charge in [-0.1, -0.05) is 0 Å². The molecule has 0 saturated carbocycles. The molecule has 0 fully saturated rings. The molecular weight excluding hydrogens is 250 g/mol. The number of rotatable bonds is 0. The molecule has 0 aromatic carbocycles. The molecule has 2 N–H and O–H groups in total. The maximum atomic E-state index is 0. The van der Waals surface area contributed by atoms with Gasteiger partial charge >= 0.3 is 127 Å². The molecule has 0 aromatic heterocycles. The molecular formula is H2CsO2Rb. The van der Waals surface area contributed by atoms with Crippen LogP contribution in [0, 0.1) is 0 Å². The van der Waals surface area contributed by atoms with E-state index in [2.05, 4.69) is 0 Å². The quantitative estimate of drug-likeness (QED) is 0.431. The summed E-state index contributed by atoms with van der Waals surface area (Å²) in [4.78, 5) is 0. The first-order valence-corrected chi connectivity index (χ1v) is 0. The summed E-state index contributed by atoms with van der Waals surface area (Å²) in [5, 5.41) is 0. The summed E-state index contributed by atoms with van der Waals surface area (Å²) in [7, 11) is 0. The average Bonchev–Trinajstić information content (AvgIpc) is 0. The van der Waals surface area contributed by atoms with Crippen LogP contribution in [0.25, 0.3) is 0 Å². The van der Waals surface area contributed by atoms with Crippen molar-refractivity contribution in [1.82, 2.24) is 0 Å². The first-order valence-electron chi connectivity index (χ1n) is 0. The van der Waals surface area contributed by atoms with E-state index in [9.17, 15) is 0 Å². The molecule has 0 aromatic rings. The molecule has 0 radical (unpaired) electrons. The van der Waals surface area contributed by atoms with Crippen LogP contribution in [0.15, 0.2) is 0 Å². The summed E-state index contributed by atoms with van der Waals surface area (Å²) in [5.41, 5.74) is 0. The minimum absolute atomic E-state index is 0. The second kappa shape index (κ2) is 15.9. The van der Waals surface area contributed by atoms with Crippen LogP contribution in [-0.2, 0) is 0 Å². The third-order valence-corrected chi connectivity index (χ3v) is 0. The Morgan fingerprint density at radius 3 is 0.750 bits per heavy atom. The van der Waals surface area contributed by atoms with Gasteiger partial charge in [-0.15, -0.1) is 0 Å². The van der Waals surface area contributed by atoms with Gasteiger partial charge in [-0.3, -0.25) is 0 Å². The Labute approximate surface area is 133 Å². The fourth-order valence-electron chi connectivity index (χ4n) is 0. The largest absolute Gasteiger partial charge is 1.00 e. The summed E-state index contributed by atoms with van der Waals surface area (Å²) < 4.78 is 0. The fraction of sp³-hybridized carbons (Fsp3) is 0. The summed E-state index contributed by atoms with van der Waals surface area (Å²) in [6.07, 6.45) is 0. The van der Waals surface area contributed by atoms with Crippen molar-refractivity contribution >= 4 is 0 Å². The molecule has 16 valence electrons. The first-order chi connectivity index (χ1) is 0. The van der Waals surface area contributed by atoms with E-state index in [0.717, 1.165) is 0 Å². The topological polar surface area (TPSA) is 60.0 Å². The maximum Gasteiger partial charge on any atom is 1.00 e. The van der Waals surface area contributed by atoms with E-state index < -0.39 is 0 Å². The predicted octanol–water partition coefficient (Wildman–Crippen LogP) is -6.35. The van der Waals surface area contributed by atoms with E-state index in [1.165, 1.54) is 0 Å². The van der Waals surface area contributed by atoms with E-state index in [-0.39, 0.29) is 138 Å². The van der Waals surface area contributed by atoms with Crippen molar-refractivity contribution in [3.8, 4) is 0 Å². The molecule has 0 atom stereocenters. The fourth-order valence-corrected chi connectivity index (χ4v) is 0. The summed E-state index contributed by atoms with van der Waals surface area (Å²) in [6.45, 7) is 0. The van der Waals surface area contributed by atoms with E-state index >= 15 is 0 Å². The predicted molar refractivity (Wildman–Crippen MR) is 3.87 cm³/mol. The van der Waals surface area contributed by atoms with Gasteiger partial charge in [0, 0.05) is 0 Å². The Morgan fingerprint density at radius 1 is 0.750 bits per heavy atom. The second-order valence-corrected chi connectivity index (χ2v) is 0. The van der Waals surface area contributed by atoms with Gasteiger partial charge < -0.3 is 11.0 Å². The van der Waals surface area contributed by atoms with Crippen molar-refractivity contribution in [2.45, 2.75) is 0 Å². The van der Waals surface area contributed by atoms with Crippen LogP contribution in [0.4, 0.5) is 0 Å². The Kier molecular flexibility index (Phi) is 99.2. The molecule has 0 spiro atoms. The Hall–Kier alpha value is 3.78. The van der Waals surface area contributed by atoms with Gasteiger partial charge in [-0.25, -0.2) is 0 Å². The molecule has 0 bridgehead atoms. The van der Waals surface area contributed by atoms with Gasteiger partial charge in [-0.2, -0.15) is 0 Å². The number of hydrogen-bond acceptors (Lipinski definition) is 2. The van der Waals surface area contributed by atoms with Crippen LogP contribution >= 0.6 is 0 Å². The summed E-state index contributed by atoms with van der Waals surface area (Å²) >= 11 is 0. The molecule has 2 nitrogen and oxygen atoms in total. The van der Waals surface area contributed by atoms with Gasteiger partial charge in [0.1, 0.15) is 0 Å². The molecule has 0 amide bonds. The summed E-state index contributed by atoms with van der Waals surface area (Å²) in [5.74, 6) is 0. The average molecular weight is 252 g/mol. The molecule has 4 heteroatoms. The first kappa shape index (κ1) is 25.0. The zero-order valence-electron chi connectivity index (χ0n) is 2.89. The van der Waals surface area contributed by atoms with Crippen molar-refractivity contribution in [3.05, 3.63) is 0 Å². The van der Waals surface area contributed by atoms with Crippen LogP contribution in [-0.4, -0.2) is 11.0 Å². The Balaban J connectivity index is 0. The van der Waals surface area contributed by atoms with Gasteiger partial charge in [-0.05, 0) is 0 Å². The van der Waals surface area contributed by atoms with Crippen molar-refractivity contribution < 1.29 is 138 Å². The zero-order valence-corrected chi connectivity index (χ0v) is 14.1. The van der Waals surface area contributed by atoms with E-state index in [0.29, 0.717) is 0 Å². The second-order valence-electron chi connectivity index (χ2n) is 0. The normalized spacial score (nSPS) is 0. The molecule has 0 heterocycles. The van der Waals surface area contributed by atoms with Crippen molar-refractivity contribution in [1.29, 1.82) is 0 Å².